The second-order valence-corrected chi connectivity index (χ2v) is 6.85. The second-order valence-electron chi connectivity index (χ2n) is 5.61. The van der Waals surface area contributed by atoms with Crippen molar-refractivity contribution in [3.8, 4) is 5.75 Å². The summed E-state index contributed by atoms with van der Waals surface area (Å²) in [5, 5.41) is 13.3. The zero-order valence-corrected chi connectivity index (χ0v) is 14.6. The smallest absolute Gasteiger partial charge is 0.257 e. The zero-order valence-electron chi connectivity index (χ0n) is 12.4. The van der Waals surface area contributed by atoms with Crippen LogP contribution in [0.1, 0.15) is 36.5 Å². The van der Waals surface area contributed by atoms with Crippen molar-refractivity contribution in [2.24, 2.45) is 5.92 Å². The number of nitrogens with one attached hydrogen (secondary N) is 1. The van der Waals surface area contributed by atoms with Crippen LogP contribution >= 0.6 is 22.6 Å². The van der Waals surface area contributed by atoms with E-state index in [1.807, 2.05) is 11.0 Å². The van der Waals surface area contributed by atoms with Crippen molar-refractivity contribution < 1.29 is 9.90 Å². The minimum atomic E-state index is -0.0496. The Kier molecular flexibility index (Phi) is 6.29. The summed E-state index contributed by atoms with van der Waals surface area (Å²) >= 11 is 2.17. The Morgan fingerprint density at radius 1 is 1.43 bits per heavy atom. The zero-order chi connectivity index (χ0) is 15.2. The van der Waals surface area contributed by atoms with E-state index in [9.17, 15) is 9.90 Å². The third-order valence-corrected chi connectivity index (χ3v) is 4.58. The first kappa shape index (κ1) is 16.5. The maximum absolute atomic E-state index is 12.7. The van der Waals surface area contributed by atoms with Gasteiger partial charge in [-0.2, -0.15) is 0 Å². The average Bonchev–Trinajstić information content (AvgIpc) is 2.49. The molecule has 1 saturated heterocycles. The molecule has 1 amide bonds. The first-order chi connectivity index (χ1) is 10.1. The molecule has 0 aromatic heterocycles. The van der Waals surface area contributed by atoms with Gasteiger partial charge in [-0.1, -0.05) is 6.92 Å². The van der Waals surface area contributed by atoms with Crippen LogP contribution in [-0.2, 0) is 0 Å². The van der Waals surface area contributed by atoms with E-state index in [0.29, 0.717) is 11.5 Å². The molecule has 0 spiro atoms. The first-order valence-electron chi connectivity index (χ1n) is 7.60. The molecule has 0 atom stereocenters. The molecule has 1 aromatic carbocycles. The summed E-state index contributed by atoms with van der Waals surface area (Å²) in [4.78, 5) is 14.6. The largest absolute Gasteiger partial charge is 0.507 e. The van der Waals surface area contributed by atoms with Gasteiger partial charge in [0, 0.05) is 16.7 Å². The maximum atomic E-state index is 12.7. The molecular weight excluding hydrogens is 379 g/mol. The monoisotopic (exact) mass is 402 g/mol. The quantitative estimate of drug-likeness (QED) is 0.745. The number of carbonyl (C=O) groups is 1. The van der Waals surface area contributed by atoms with Gasteiger partial charge in [0.15, 0.2) is 0 Å². The Hall–Kier alpha value is -0.820. The molecule has 1 aromatic rings. The summed E-state index contributed by atoms with van der Waals surface area (Å²) in [7, 11) is 0. The molecule has 1 aliphatic rings. The third-order valence-electron chi connectivity index (χ3n) is 3.91. The van der Waals surface area contributed by atoms with Crippen molar-refractivity contribution in [2.45, 2.75) is 26.2 Å². The lowest BCUT2D eigenvalue weighted by atomic mass is 9.97. The van der Waals surface area contributed by atoms with Crippen LogP contribution < -0.4 is 5.32 Å². The minimum Gasteiger partial charge on any atom is -0.507 e. The van der Waals surface area contributed by atoms with E-state index in [4.69, 9.17) is 0 Å². The van der Waals surface area contributed by atoms with Gasteiger partial charge in [0.1, 0.15) is 5.75 Å². The van der Waals surface area contributed by atoms with E-state index in [2.05, 4.69) is 34.8 Å². The number of nitrogens with zero attached hydrogens (tertiary/aromatic N) is 1. The highest BCUT2D eigenvalue weighted by atomic mass is 127. The fourth-order valence-corrected chi connectivity index (χ4v) is 3.26. The normalized spacial score (nSPS) is 15.9. The molecule has 1 heterocycles. The van der Waals surface area contributed by atoms with Crippen LogP contribution in [0.25, 0.3) is 0 Å². The summed E-state index contributed by atoms with van der Waals surface area (Å²) in [6, 6.07) is 5.18. The van der Waals surface area contributed by atoms with Crippen LogP contribution in [0, 0.1) is 9.49 Å². The van der Waals surface area contributed by atoms with Gasteiger partial charge in [-0.15, -0.1) is 0 Å². The lowest BCUT2D eigenvalue weighted by molar-refractivity contribution is 0.0713. The van der Waals surface area contributed by atoms with Crippen molar-refractivity contribution >= 4 is 28.5 Å². The van der Waals surface area contributed by atoms with Gasteiger partial charge in [0.05, 0.1) is 5.56 Å². The molecule has 116 valence electrons. The highest BCUT2D eigenvalue weighted by Crippen LogP contribution is 2.23. The van der Waals surface area contributed by atoms with Gasteiger partial charge in [-0.05, 0) is 79.1 Å². The van der Waals surface area contributed by atoms with Crippen molar-refractivity contribution in [3.63, 3.8) is 0 Å². The molecule has 0 saturated carbocycles. The number of hydrogen-bond acceptors (Lipinski definition) is 3. The van der Waals surface area contributed by atoms with E-state index in [1.54, 1.807) is 12.1 Å². The van der Waals surface area contributed by atoms with E-state index in [1.165, 1.54) is 0 Å². The molecular formula is C16H23IN2O2. The van der Waals surface area contributed by atoms with Crippen LogP contribution in [0.3, 0.4) is 0 Å². The molecule has 0 unspecified atom stereocenters. The van der Waals surface area contributed by atoms with E-state index in [0.717, 1.165) is 49.0 Å². The van der Waals surface area contributed by atoms with E-state index >= 15 is 0 Å². The Balaban J connectivity index is 2.12. The lowest BCUT2D eigenvalue weighted by Crippen LogP contribution is -2.39. The molecule has 0 aliphatic carbocycles. The van der Waals surface area contributed by atoms with Crippen molar-refractivity contribution in [3.05, 3.63) is 27.3 Å². The summed E-state index contributed by atoms with van der Waals surface area (Å²) in [6.45, 7) is 5.69. The maximum Gasteiger partial charge on any atom is 0.257 e. The van der Waals surface area contributed by atoms with Crippen LogP contribution in [0.5, 0.6) is 5.75 Å². The molecule has 5 heteroatoms. The molecule has 0 radical (unpaired) electrons. The minimum absolute atomic E-state index is 0.0496. The fraction of sp³-hybridized carbons (Fsp3) is 0.562. The van der Waals surface area contributed by atoms with Crippen molar-refractivity contribution in [1.29, 1.82) is 0 Å². The number of benzene rings is 1. The average molecular weight is 402 g/mol. The standard InChI is InChI=1S/C16H23IN2O2/c1-2-9-19(11-12-5-7-18-8-6-12)16(21)14-10-13(17)3-4-15(14)20/h3-4,10,12,18,20H,2,5-9,11H2,1H3. The SMILES string of the molecule is CCCN(CC1CCNCC1)C(=O)c1cc(I)ccc1O. The summed E-state index contributed by atoms with van der Waals surface area (Å²) in [5.41, 5.74) is 0.421. The number of carbonyl (C=O) groups excluding carboxylic acids is 1. The van der Waals surface area contributed by atoms with E-state index < -0.39 is 0 Å². The number of piperidine rings is 1. The molecule has 21 heavy (non-hydrogen) atoms. The number of amides is 1. The molecule has 1 fully saturated rings. The van der Waals surface area contributed by atoms with Gasteiger partial charge in [-0.25, -0.2) is 0 Å². The predicted octanol–water partition coefficient (Wildman–Crippen LogP) is 2.85. The third kappa shape index (κ3) is 4.57. The Morgan fingerprint density at radius 3 is 2.81 bits per heavy atom. The number of phenols is 1. The summed E-state index contributed by atoms with van der Waals surface area (Å²) in [5.74, 6) is 0.588. The second kappa shape index (κ2) is 7.98. The van der Waals surface area contributed by atoms with Crippen LogP contribution in [0.2, 0.25) is 0 Å². The van der Waals surface area contributed by atoms with Crippen LogP contribution in [-0.4, -0.2) is 42.1 Å². The van der Waals surface area contributed by atoms with Crippen LogP contribution in [0.4, 0.5) is 0 Å². The van der Waals surface area contributed by atoms with Gasteiger partial charge in [0.2, 0.25) is 0 Å². The molecule has 1 aliphatic heterocycles. The highest BCUT2D eigenvalue weighted by Gasteiger charge is 2.23. The number of phenolic OH excluding ortho intramolecular Hbond substituents is 1. The molecule has 0 bridgehead atoms. The van der Waals surface area contributed by atoms with Crippen molar-refractivity contribution in [2.75, 3.05) is 26.2 Å². The Morgan fingerprint density at radius 2 is 2.14 bits per heavy atom. The number of hydrogen-bond donors (Lipinski definition) is 2. The summed E-state index contributed by atoms with van der Waals surface area (Å²) < 4.78 is 0.965. The highest BCUT2D eigenvalue weighted by molar-refractivity contribution is 14.1. The molecule has 2 N–H and O–H groups in total. The van der Waals surface area contributed by atoms with Gasteiger partial charge in [-0.3, -0.25) is 4.79 Å². The lowest BCUT2D eigenvalue weighted by Gasteiger charge is -2.30. The number of rotatable bonds is 5. The molecule has 2 rings (SSSR count). The number of aromatic hydroxyl groups is 1. The summed E-state index contributed by atoms with van der Waals surface area (Å²) in [6.07, 6.45) is 3.17. The van der Waals surface area contributed by atoms with Gasteiger partial charge in [0.25, 0.3) is 5.91 Å². The Bertz CT molecular complexity index is 487. The topological polar surface area (TPSA) is 52.6 Å². The van der Waals surface area contributed by atoms with Crippen molar-refractivity contribution in [1.82, 2.24) is 10.2 Å². The van der Waals surface area contributed by atoms with Gasteiger partial charge >= 0.3 is 0 Å². The fourth-order valence-electron chi connectivity index (χ4n) is 2.77. The molecule has 4 nitrogen and oxygen atoms in total. The predicted molar refractivity (Wildman–Crippen MR) is 92.6 cm³/mol. The Labute approximate surface area is 140 Å². The first-order valence-corrected chi connectivity index (χ1v) is 8.68. The van der Waals surface area contributed by atoms with Crippen LogP contribution in [0.15, 0.2) is 18.2 Å². The number of halogens is 1. The van der Waals surface area contributed by atoms with Gasteiger partial charge < -0.3 is 15.3 Å². The van der Waals surface area contributed by atoms with E-state index in [-0.39, 0.29) is 11.7 Å².